The minimum atomic E-state index is -3.76. The van der Waals surface area contributed by atoms with Gasteiger partial charge < -0.3 is 5.32 Å². The van der Waals surface area contributed by atoms with Crippen molar-refractivity contribution in [1.82, 2.24) is 0 Å². The predicted octanol–water partition coefficient (Wildman–Crippen LogP) is 5.26. The van der Waals surface area contributed by atoms with E-state index in [1.165, 1.54) is 30.0 Å². The summed E-state index contributed by atoms with van der Waals surface area (Å²) in [4.78, 5) is 13.5. The summed E-state index contributed by atoms with van der Waals surface area (Å²) in [5, 5.41) is 2.94. The Bertz CT molecular complexity index is 1090. The van der Waals surface area contributed by atoms with Gasteiger partial charge in [-0.25, -0.2) is 8.42 Å². The lowest BCUT2D eigenvalue weighted by molar-refractivity contribution is -0.115. The van der Waals surface area contributed by atoms with Crippen LogP contribution in [0.25, 0.3) is 0 Å². The van der Waals surface area contributed by atoms with Crippen LogP contribution in [0.3, 0.4) is 0 Å². The van der Waals surface area contributed by atoms with Gasteiger partial charge in [0.1, 0.15) is 0 Å². The summed E-state index contributed by atoms with van der Waals surface area (Å²) in [5.74, 6) is -0.161. The molecule has 150 valence electrons. The number of carbonyl (C=O) groups excluding carboxylic acids is 1. The number of hydrogen-bond donors (Lipinski definition) is 2. The van der Waals surface area contributed by atoms with Crippen molar-refractivity contribution in [3.05, 3.63) is 83.9 Å². The average Bonchev–Trinajstić information content (AvgIpc) is 2.69. The monoisotopic (exact) mass is 446 g/mol. The number of anilines is 2. The summed E-state index contributed by atoms with van der Waals surface area (Å²) in [5.41, 5.74) is 0.902. The smallest absolute Gasteiger partial charge is 0.261 e. The fraction of sp³-hybridized carbons (Fsp3) is 0.0952. The van der Waals surface area contributed by atoms with Crippen molar-refractivity contribution in [3.63, 3.8) is 0 Å². The molecule has 0 fully saturated rings. The van der Waals surface area contributed by atoms with E-state index in [0.29, 0.717) is 16.4 Å². The molecule has 0 radical (unpaired) electrons. The highest BCUT2D eigenvalue weighted by Gasteiger charge is 2.17. The zero-order chi connectivity index (χ0) is 20.9. The molecule has 1 amide bonds. The van der Waals surface area contributed by atoms with Gasteiger partial charge in [-0.3, -0.25) is 9.52 Å². The van der Waals surface area contributed by atoms with Crippen LogP contribution in [0, 0.1) is 0 Å². The number of amides is 1. The number of rotatable bonds is 7. The first-order valence-electron chi connectivity index (χ1n) is 8.74. The Morgan fingerprint density at radius 2 is 1.62 bits per heavy atom. The first kappa shape index (κ1) is 21.2. The minimum absolute atomic E-state index is 0.0854. The van der Waals surface area contributed by atoms with Crippen LogP contribution in [-0.4, -0.2) is 19.6 Å². The fourth-order valence-corrected chi connectivity index (χ4v) is 4.61. The Morgan fingerprint density at radius 3 is 2.28 bits per heavy atom. The van der Waals surface area contributed by atoms with Crippen LogP contribution in [0.5, 0.6) is 0 Å². The summed E-state index contributed by atoms with van der Waals surface area (Å²) in [6.45, 7) is 1.82. The molecule has 0 aliphatic heterocycles. The number of halogens is 1. The molecular weight excluding hydrogens is 428 g/mol. The molecular formula is C21H19ClN2O3S2. The number of thioether (sulfide) groups is 1. The summed E-state index contributed by atoms with van der Waals surface area (Å²) in [6, 6.07) is 22.1. The Balaban J connectivity index is 1.64. The molecule has 0 saturated heterocycles. The zero-order valence-electron chi connectivity index (χ0n) is 15.5. The van der Waals surface area contributed by atoms with Crippen molar-refractivity contribution in [2.75, 3.05) is 10.0 Å². The van der Waals surface area contributed by atoms with Crippen molar-refractivity contribution < 1.29 is 13.2 Å². The van der Waals surface area contributed by atoms with Gasteiger partial charge >= 0.3 is 0 Å². The second-order valence-corrected chi connectivity index (χ2v) is 9.74. The molecule has 3 rings (SSSR count). The topological polar surface area (TPSA) is 75.3 Å². The first-order chi connectivity index (χ1) is 13.8. The first-order valence-corrected chi connectivity index (χ1v) is 11.5. The molecule has 0 aromatic heterocycles. The summed E-state index contributed by atoms with van der Waals surface area (Å²) in [6.07, 6.45) is 0. The third-order valence-electron chi connectivity index (χ3n) is 3.93. The van der Waals surface area contributed by atoms with Gasteiger partial charge in [0.25, 0.3) is 10.0 Å². The molecule has 0 bridgehead atoms. The van der Waals surface area contributed by atoms with Gasteiger partial charge in [0, 0.05) is 15.6 Å². The predicted molar refractivity (Wildman–Crippen MR) is 119 cm³/mol. The van der Waals surface area contributed by atoms with Crippen LogP contribution in [0.15, 0.2) is 88.7 Å². The molecule has 0 heterocycles. The van der Waals surface area contributed by atoms with Crippen molar-refractivity contribution in [1.29, 1.82) is 0 Å². The molecule has 8 heteroatoms. The van der Waals surface area contributed by atoms with Crippen molar-refractivity contribution in [3.8, 4) is 0 Å². The molecule has 5 nitrogen and oxygen atoms in total. The number of carbonyl (C=O) groups is 1. The van der Waals surface area contributed by atoms with Gasteiger partial charge in [-0.1, -0.05) is 35.9 Å². The molecule has 0 spiro atoms. The van der Waals surface area contributed by atoms with Crippen molar-refractivity contribution >= 4 is 50.7 Å². The maximum absolute atomic E-state index is 12.5. The largest absolute Gasteiger partial charge is 0.325 e. The minimum Gasteiger partial charge on any atom is -0.325 e. The van der Waals surface area contributed by atoms with Gasteiger partial charge in [-0.15, -0.1) is 11.8 Å². The van der Waals surface area contributed by atoms with E-state index in [9.17, 15) is 13.2 Å². The van der Waals surface area contributed by atoms with Gasteiger partial charge in [-0.2, -0.15) is 0 Å². The van der Waals surface area contributed by atoms with E-state index >= 15 is 0 Å². The number of benzene rings is 3. The van der Waals surface area contributed by atoms with Crippen LogP contribution in [0.4, 0.5) is 11.4 Å². The second-order valence-electron chi connectivity index (χ2n) is 6.20. The molecule has 29 heavy (non-hydrogen) atoms. The summed E-state index contributed by atoms with van der Waals surface area (Å²) >= 11 is 7.34. The lowest BCUT2D eigenvalue weighted by Gasteiger charge is -2.13. The molecule has 0 unspecified atom stereocenters. The lowest BCUT2D eigenvalue weighted by atomic mass is 10.3. The molecule has 0 aliphatic rings. The maximum atomic E-state index is 12.5. The van der Waals surface area contributed by atoms with E-state index in [4.69, 9.17) is 11.6 Å². The molecule has 0 saturated carbocycles. The normalized spacial score (nSPS) is 12.2. The maximum Gasteiger partial charge on any atom is 0.261 e. The quantitative estimate of drug-likeness (QED) is 0.485. The van der Waals surface area contributed by atoms with Crippen molar-refractivity contribution in [2.24, 2.45) is 0 Å². The highest BCUT2D eigenvalue weighted by molar-refractivity contribution is 8.00. The van der Waals surface area contributed by atoms with Crippen LogP contribution in [0.1, 0.15) is 6.92 Å². The Morgan fingerprint density at radius 1 is 0.931 bits per heavy atom. The van der Waals surface area contributed by atoms with E-state index in [0.717, 1.165) is 4.90 Å². The lowest BCUT2D eigenvalue weighted by Crippen LogP contribution is -2.22. The van der Waals surface area contributed by atoms with E-state index in [1.54, 1.807) is 30.3 Å². The number of nitrogens with one attached hydrogen (secondary N) is 2. The highest BCUT2D eigenvalue weighted by Crippen LogP contribution is 2.24. The number of hydrogen-bond acceptors (Lipinski definition) is 4. The SMILES string of the molecule is C[C@H](Sc1ccccc1)C(=O)Nc1ccc(S(=O)(=O)Nc2cccc(Cl)c2)cc1. The number of sulfonamides is 1. The van der Waals surface area contributed by atoms with Gasteiger partial charge in [-0.05, 0) is 61.5 Å². The van der Waals surface area contributed by atoms with E-state index < -0.39 is 10.0 Å². The zero-order valence-corrected chi connectivity index (χ0v) is 17.9. The molecule has 3 aromatic carbocycles. The molecule has 1 atom stereocenters. The van der Waals surface area contributed by atoms with Crippen molar-refractivity contribution in [2.45, 2.75) is 22.0 Å². The Hall–Kier alpha value is -2.48. The van der Waals surface area contributed by atoms with Gasteiger partial charge in [0.15, 0.2) is 0 Å². The Labute approximate surface area is 179 Å². The highest BCUT2D eigenvalue weighted by atomic mass is 35.5. The van der Waals surface area contributed by atoms with E-state index in [2.05, 4.69) is 10.0 Å². The average molecular weight is 447 g/mol. The summed E-state index contributed by atoms with van der Waals surface area (Å²) in [7, 11) is -3.76. The van der Waals surface area contributed by atoms with Crippen LogP contribution in [0.2, 0.25) is 5.02 Å². The van der Waals surface area contributed by atoms with Crippen LogP contribution < -0.4 is 10.0 Å². The molecule has 3 aromatic rings. The fourth-order valence-electron chi connectivity index (χ4n) is 2.48. The third-order valence-corrected chi connectivity index (χ3v) is 6.68. The standard InChI is InChI=1S/C21H19ClN2O3S2/c1-15(28-19-8-3-2-4-9-19)21(25)23-17-10-12-20(13-11-17)29(26,27)24-18-7-5-6-16(22)14-18/h2-15,24H,1H3,(H,23,25)/t15-/m0/s1. The van der Waals surface area contributed by atoms with E-state index in [1.807, 2.05) is 37.3 Å². The van der Waals surface area contributed by atoms with Gasteiger partial charge in [0.2, 0.25) is 5.91 Å². The summed E-state index contributed by atoms with van der Waals surface area (Å²) < 4.78 is 27.5. The molecule has 0 aliphatic carbocycles. The van der Waals surface area contributed by atoms with Gasteiger partial charge in [0.05, 0.1) is 15.8 Å². The van der Waals surface area contributed by atoms with E-state index in [-0.39, 0.29) is 16.1 Å². The third kappa shape index (κ3) is 6.00. The van der Waals surface area contributed by atoms with Crippen LogP contribution >= 0.6 is 23.4 Å². The molecule has 2 N–H and O–H groups in total. The van der Waals surface area contributed by atoms with Crippen LogP contribution in [-0.2, 0) is 14.8 Å². The second kappa shape index (κ2) is 9.35. The Kier molecular flexibility index (Phi) is 6.84.